The molecule has 2 saturated heterocycles. The Labute approximate surface area is 289 Å². The van der Waals surface area contributed by atoms with E-state index in [9.17, 15) is 0 Å². The van der Waals surface area contributed by atoms with Gasteiger partial charge in [0.1, 0.15) is 0 Å². The molecule has 0 saturated carbocycles. The Morgan fingerprint density at radius 1 is 0.390 bits per heavy atom. The normalized spacial score (nSPS) is 36.9. The van der Waals surface area contributed by atoms with Crippen LogP contribution in [0, 0.1) is 0 Å². The summed E-state index contributed by atoms with van der Waals surface area (Å²) in [6.07, 6.45) is 0.284. The molecule has 0 aliphatic carbocycles. The van der Waals surface area contributed by atoms with Gasteiger partial charge in [0.2, 0.25) is 0 Å². The minimum Gasteiger partial charge on any atom is -0.349 e. The van der Waals surface area contributed by atoms with Crippen LogP contribution in [0.3, 0.4) is 0 Å². The summed E-state index contributed by atoms with van der Waals surface area (Å²) >= 11 is 5.23. The van der Waals surface area contributed by atoms with E-state index in [-0.39, 0.29) is 24.8 Å². The van der Waals surface area contributed by atoms with Crippen molar-refractivity contribution >= 4 is 93.6 Å². The number of halogens is 2. The number of rotatable bonds is 10. The van der Waals surface area contributed by atoms with Crippen molar-refractivity contribution in [2.45, 2.75) is 176 Å². The summed E-state index contributed by atoms with van der Waals surface area (Å²) in [5.74, 6) is 0. The zero-order valence-electron chi connectivity index (χ0n) is 30.2. The van der Waals surface area contributed by atoms with Gasteiger partial charge in [-0.1, -0.05) is 163 Å². The molecule has 10 atom stereocenters. The maximum Gasteiger partial charge on any atom is 0.161 e. The Kier molecular flexibility index (Phi) is 13.2. The molecule has 0 unspecified atom stereocenters. The van der Waals surface area contributed by atoms with Crippen molar-refractivity contribution in [2.24, 2.45) is 0 Å². The van der Waals surface area contributed by atoms with Crippen molar-refractivity contribution in [1.29, 1.82) is 0 Å². The number of hydrogen-bond acceptors (Lipinski definition) is 3. The summed E-state index contributed by atoms with van der Waals surface area (Å²) in [6.45, 7) is 47.0. The predicted octanol–water partition coefficient (Wildman–Crippen LogP) is 11.6. The van der Waals surface area contributed by atoms with Crippen LogP contribution in [0.25, 0.3) is 0 Å². The van der Waals surface area contributed by atoms with Crippen LogP contribution in [0.5, 0.6) is 0 Å². The first-order chi connectivity index (χ1) is 18.1. The van der Waals surface area contributed by atoms with E-state index in [4.69, 9.17) is 14.2 Å². The van der Waals surface area contributed by atoms with Gasteiger partial charge < -0.3 is 14.2 Å². The summed E-state index contributed by atoms with van der Waals surface area (Å²) in [6, 6.07) is 0. The van der Waals surface area contributed by atoms with Crippen molar-refractivity contribution in [1.82, 2.24) is 0 Å². The molecule has 11 heteroatoms. The largest absolute Gasteiger partial charge is 0.349 e. The van der Waals surface area contributed by atoms with Gasteiger partial charge >= 0.3 is 0 Å². The van der Waals surface area contributed by atoms with Crippen LogP contribution in [-0.2, 0) is 14.2 Å². The van der Waals surface area contributed by atoms with Crippen LogP contribution in [0.4, 0.5) is 0 Å². The topological polar surface area (TPSA) is 27.7 Å². The Hall–Kier alpha value is 2.64. The summed E-state index contributed by atoms with van der Waals surface area (Å²) in [5.41, 5.74) is 3.86. The van der Waals surface area contributed by atoms with Gasteiger partial charge in [0.15, 0.2) is 12.6 Å². The lowest BCUT2D eigenvalue weighted by Gasteiger charge is -2.60. The van der Waals surface area contributed by atoms with E-state index in [1.54, 1.807) is 0 Å². The highest BCUT2D eigenvalue weighted by Gasteiger charge is 2.61. The number of ether oxygens (including phenoxy) is 3. The molecule has 0 bridgehead atoms. The highest BCUT2D eigenvalue weighted by Crippen LogP contribution is 2.63. The zero-order chi connectivity index (χ0) is 32.3. The Balaban J connectivity index is 2.76. The van der Waals surface area contributed by atoms with Crippen molar-refractivity contribution in [3.8, 4) is 0 Å². The molecule has 2 heterocycles. The summed E-state index contributed by atoms with van der Waals surface area (Å²) in [4.78, 5) is 0. The molecule has 0 aromatic rings. The average molecular weight is 899 g/mol. The van der Waals surface area contributed by atoms with E-state index in [0.29, 0.717) is 22.2 Å². The van der Waals surface area contributed by atoms with E-state index in [0.717, 1.165) is 19.9 Å². The molecule has 41 heavy (non-hydrogen) atoms. The van der Waals surface area contributed by atoms with Gasteiger partial charge in [0.05, 0.1) is 44.5 Å². The van der Waals surface area contributed by atoms with Gasteiger partial charge in [-0.25, -0.2) is 0 Å². The van der Waals surface area contributed by atoms with Gasteiger partial charge in [-0.2, -0.15) is 0 Å². The van der Waals surface area contributed by atoms with Crippen LogP contribution in [0.2, 0.25) is 151 Å². The van der Waals surface area contributed by atoms with Crippen LogP contribution < -0.4 is 0 Å². The lowest BCUT2D eigenvalue weighted by Crippen LogP contribution is -2.63. The molecule has 2 rings (SSSR count). The van der Waals surface area contributed by atoms with Crippen LogP contribution in [0.15, 0.2) is 0 Å². The lowest BCUT2D eigenvalue weighted by molar-refractivity contribution is -0.286. The predicted molar refractivity (Wildman–Crippen MR) is 219 cm³/mol. The van der Waals surface area contributed by atoms with Crippen LogP contribution in [0.1, 0.15) is 0 Å². The van der Waals surface area contributed by atoms with Gasteiger partial charge in [-0.15, -0.1) is 0 Å². The average Bonchev–Trinajstić information content (AvgIpc) is 2.72. The maximum absolute atomic E-state index is 7.54. The second kappa shape index (κ2) is 13.6. The second-order valence-electron chi connectivity index (χ2n) is 19.9. The van der Waals surface area contributed by atoms with E-state index in [2.05, 4.69) is 163 Å². The quantitative estimate of drug-likeness (QED) is 0.124. The maximum atomic E-state index is 7.54. The van der Waals surface area contributed by atoms with Gasteiger partial charge in [0, 0.05) is 36.1 Å². The fraction of sp³-hybridized carbons (Fsp3) is 1.00. The van der Waals surface area contributed by atoms with E-state index < -0.39 is 48.4 Å². The molecule has 0 N–H and O–H groups in total. The highest BCUT2D eigenvalue weighted by atomic mass is 127. The molecule has 0 radical (unpaired) electrons. The Morgan fingerprint density at radius 2 is 0.610 bits per heavy atom. The lowest BCUT2D eigenvalue weighted by atomic mass is 10.1. The fourth-order valence-electron chi connectivity index (χ4n) is 8.80. The molecule has 3 nitrogen and oxygen atoms in total. The van der Waals surface area contributed by atoms with E-state index >= 15 is 0 Å². The smallest absolute Gasteiger partial charge is 0.161 e. The minimum absolute atomic E-state index is 0.143. The molecule has 2 fully saturated rings. The number of alkyl halides is 2. The molecule has 244 valence electrons. The minimum atomic E-state index is -1.66. The van der Waals surface area contributed by atoms with Gasteiger partial charge in [0.25, 0.3) is 0 Å². The molecular formula is C30H68I2O3Si6. The van der Waals surface area contributed by atoms with Gasteiger partial charge in [-0.3, -0.25) is 0 Å². The first-order valence-corrected chi connectivity index (χ1v) is 40.7. The second-order valence-corrected chi connectivity index (χ2v) is 54.0. The summed E-state index contributed by atoms with van der Waals surface area (Å²) in [5, 5.41) is 0. The SMILES string of the molecule is C[Si](C)(C)[C@@H]1[C@H]([Si](C)(C)C)[C@@H](O[C@@H]2O[C@@H](CI)[C@@H]([Si](C)(C)C)[C@H]([Si](C)(C)C)[C@H]2[Si](C)(C)C)O[C@H](CI)[C@@H]1[Si](C)(C)C. The fourth-order valence-corrected chi connectivity index (χ4v) is 38.4. The molecule has 0 aromatic carbocycles. The molecule has 2 aliphatic rings. The van der Waals surface area contributed by atoms with Crippen LogP contribution in [-0.4, -0.2) is 82.1 Å². The molecular weight excluding hydrogens is 831 g/mol. The first kappa shape index (κ1) is 39.8. The monoisotopic (exact) mass is 898 g/mol. The molecule has 0 aromatic heterocycles. The van der Waals surface area contributed by atoms with Crippen molar-refractivity contribution in [3.63, 3.8) is 0 Å². The Bertz CT molecular complexity index is 796. The highest BCUT2D eigenvalue weighted by molar-refractivity contribution is 14.1. The van der Waals surface area contributed by atoms with E-state index in [1.807, 2.05) is 0 Å². The summed E-state index contributed by atoms with van der Waals surface area (Å²) in [7, 11) is -9.35. The third-order valence-corrected chi connectivity index (χ3v) is 29.4. The zero-order valence-corrected chi connectivity index (χ0v) is 40.5. The summed E-state index contributed by atoms with van der Waals surface area (Å²) < 4.78 is 24.3. The van der Waals surface area contributed by atoms with Crippen molar-refractivity contribution < 1.29 is 14.2 Å². The van der Waals surface area contributed by atoms with E-state index in [1.165, 1.54) is 0 Å². The molecule has 0 spiro atoms. The van der Waals surface area contributed by atoms with Crippen molar-refractivity contribution in [2.75, 3.05) is 8.86 Å². The number of hydrogen-bond donors (Lipinski definition) is 0. The third kappa shape index (κ3) is 9.38. The van der Waals surface area contributed by atoms with Gasteiger partial charge in [-0.05, 0) is 22.2 Å². The molecule has 0 amide bonds. The standard InChI is InChI=1S/C30H68I2O3Si6/c1-36(2,3)23-21(19-31)33-29(27(40(13,14)15)25(23)38(7,8)9)35-30-28(41(16,17)18)26(39(10,11)12)24(37(4,5)6)22(20-32)34-30/h21-30H,19-20H2,1-18H3/t21-,22+,23+,24-,25-,26-,27+,28-,29-,30+/m0/s1. The van der Waals surface area contributed by atoms with Crippen LogP contribution >= 0.6 is 45.2 Å². The Morgan fingerprint density at radius 3 is 0.780 bits per heavy atom. The first-order valence-electron chi connectivity index (χ1n) is 16.2. The molecule has 2 aliphatic heterocycles. The van der Waals surface area contributed by atoms with Crippen molar-refractivity contribution in [3.05, 3.63) is 0 Å². The third-order valence-electron chi connectivity index (χ3n) is 10.1.